The van der Waals surface area contributed by atoms with Crippen LogP contribution in [0.1, 0.15) is 54.5 Å². The number of nitrogens with zero attached hydrogens (tertiary/aromatic N) is 4. The summed E-state index contributed by atoms with van der Waals surface area (Å²) in [6.07, 6.45) is 7.21. The van der Waals surface area contributed by atoms with Crippen molar-refractivity contribution in [1.29, 1.82) is 5.26 Å². The van der Waals surface area contributed by atoms with E-state index < -0.39 is 0 Å². The highest BCUT2D eigenvalue weighted by atomic mass is 15.2. The van der Waals surface area contributed by atoms with E-state index in [4.69, 9.17) is 10.2 Å². The first-order valence-electron chi connectivity index (χ1n) is 8.59. The van der Waals surface area contributed by atoms with Gasteiger partial charge in [0.15, 0.2) is 0 Å². The van der Waals surface area contributed by atoms with Crippen LogP contribution < -0.4 is 4.90 Å². The molecule has 1 aromatic carbocycles. The third-order valence-corrected chi connectivity index (χ3v) is 5.29. The maximum Gasteiger partial charge on any atom is 0.131 e. The van der Waals surface area contributed by atoms with Gasteiger partial charge in [0.2, 0.25) is 0 Å². The van der Waals surface area contributed by atoms with E-state index >= 15 is 0 Å². The van der Waals surface area contributed by atoms with Gasteiger partial charge in [-0.1, -0.05) is 0 Å². The van der Waals surface area contributed by atoms with Crippen molar-refractivity contribution in [2.24, 2.45) is 7.05 Å². The van der Waals surface area contributed by atoms with Gasteiger partial charge < -0.3 is 9.47 Å². The molecule has 0 bridgehead atoms. The minimum atomic E-state index is 0.360. The van der Waals surface area contributed by atoms with E-state index in [0.29, 0.717) is 6.04 Å². The Morgan fingerprint density at radius 2 is 1.91 bits per heavy atom. The summed E-state index contributed by atoms with van der Waals surface area (Å²) in [5, 5.41) is 8.98. The van der Waals surface area contributed by atoms with Crippen LogP contribution in [0.5, 0.6) is 0 Å². The van der Waals surface area contributed by atoms with Crippen molar-refractivity contribution in [3.05, 3.63) is 47.0 Å². The normalized spacial score (nSPS) is 20.3. The number of hydrogen-bond donors (Lipinski definition) is 0. The third-order valence-electron chi connectivity index (χ3n) is 5.29. The summed E-state index contributed by atoms with van der Waals surface area (Å²) in [6.45, 7) is 1.06. The number of benzene rings is 1. The standard InChI is InChI=1S/C19H22N4/c1-22-17-6-3-2-5-16(17)21-19(22)18-7-4-12-23(18)15-10-8-14(13-20)9-11-15/h8-11,18H,2-7,12H2,1H3/t18-/m1/s1. The maximum absolute atomic E-state index is 8.98. The number of aryl methyl sites for hydroxylation is 1. The van der Waals surface area contributed by atoms with Gasteiger partial charge in [0, 0.05) is 25.0 Å². The first-order chi connectivity index (χ1) is 11.3. The van der Waals surface area contributed by atoms with Crippen LogP contribution >= 0.6 is 0 Å². The molecule has 23 heavy (non-hydrogen) atoms. The highest BCUT2D eigenvalue weighted by molar-refractivity contribution is 5.52. The molecular formula is C19H22N4. The lowest BCUT2D eigenvalue weighted by molar-refractivity contribution is 0.609. The summed E-state index contributed by atoms with van der Waals surface area (Å²) in [6, 6.07) is 10.5. The Kier molecular flexibility index (Phi) is 3.57. The zero-order valence-corrected chi connectivity index (χ0v) is 13.6. The molecule has 2 aromatic rings. The summed E-state index contributed by atoms with van der Waals surface area (Å²) in [7, 11) is 2.18. The molecule has 1 fully saturated rings. The molecule has 0 radical (unpaired) electrons. The maximum atomic E-state index is 8.98. The molecule has 4 rings (SSSR count). The zero-order chi connectivity index (χ0) is 15.8. The van der Waals surface area contributed by atoms with Crippen molar-refractivity contribution in [3.8, 4) is 6.07 Å². The minimum Gasteiger partial charge on any atom is -0.361 e. The van der Waals surface area contributed by atoms with Gasteiger partial charge in [-0.25, -0.2) is 4.98 Å². The van der Waals surface area contributed by atoms with Crippen LogP contribution in [0.2, 0.25) is 0 Å². The monoisotopic (exact) mass is 306 g/mol. The molecular weight excluding hydrogens is 284 g/mol. The second-order valence-electron chi connectivity index (χ2n) is 6.64. The topological polar surface area (TPSA) is 44.9 Å². The molecule has 0 spiro atoms. The lowest BCUT2D eigenvalue weighted by atomic mass is 10.0. The van der Waals surface area contributed by atoms with Gasteiger partial charge >= 0.3 is 0 Å². The number of anilines is 1. The van der Waals surface area contributed by atoms with Gasteiger partial charge in [-0.05, 0) is 62.8 Å². The molecule has 4 heteroatoms. The van der Waals surface area contributed by atoms with Crippen LogP contribution in [0.4, 0.5) is 5.69 Å². The van der Waals surface area contributed by atoms with Gasteiger partial charge in [0.05, 0.1) is 23.4 Å². The first kappa shape index (κ1) is 14.3. The Bertz CT molecular complexity index is 751. The predicted molar refractivity (Wildman–Crippen MR) is 90.3 cm³/mol. The van der Waals surface area contributed by atoms with Crippen LogP contribution in [0, 0.1) is 11.3 Å². The molecule has 0 N–H and O–H groups in total. The van der Waals surface area contributed by atoms with Crippen molar-refractivity contribution in [3.63, 3.8) is 0 Å². The average molecular weight is 306 g/mol. The van der Waals surface area contributed by atoms with Crippen molar-refractivity contribution in [2.75, 3.05) is 11.4 Å². The third kappa shape index (κ3) is 2.41. The molecule has 1 aliphatic heterocycles. The van der Waals surface area contributed by atoms with Gasteiger partial charge in [-0.2, -0.15) is 5.26 Å². The summed E-state index contributed by atoms with van der Waals surface area (Å²) in [5.41, 5.74) is 4.68. The molecule has 1 atom stereocenters. The fourth-order valence-electron chi connectivity index (χ4n) is 4.08. The zero-order valence-electron chi connectivity index (χ0n) is 13.6. The molecule has 0 unspecified atom stereocenters. The number of fused-ring (bicyclic) bond motifs is 1. The average Bonchev–Trinajstić information content (AvgIpc) is 3.20. The molecule has 4 nitrogen and oxygen atoms in total. The fraction of sp³-hybridized carbons (Fsp3) is 0.474. The second-order valence-corrected chi connectivity index (χ2v) is 6.64. The quantitative estimate of drug-likeness (QED) is 0.853. The first-order valence-corrected chi connectivity index (χ1v) is 8.59. The Hall–Kier alpha value is -2.28. The Balaban J connectivity index is 1.68. The summed E-state index contributed by atoms with van der Waals surface area (Å²) in [5.74, 6) is 1.22. The molecule has 1 aliphatic carbocycles. The van der Waals surface area contributed by atoms with Gasteiger partial charge in [-0.3, -0.25) is 0 Å². The SMILES string of the molecule is Cn1c([C@H]2CCCN2c2ccc(C#N)cc2)nc2c1CCCC2. The lowest BCUT2D eigenvalue weighted by Crippen LogP contribution is -2.25. The van der Waals surface area contributed by atoms with Crippen molar-refractivity contribution < 1.29 is 0 Å². The number of nitriles is 1. The Morgan fingerprint density at radius 1 is 1.13 bits per heavy atom. The van der Waals surface area contributed by atoms with E-state index in [0.717, 1.165) is 24.9 Å². The van der Waals surface area contributed by atoms with E-state index in [2.05, 4.69) is 34.7 Å². The van der Waals surface area contributed by atoms with E-state index in [1.54, 1.807) is 0 Å². The summed E-state index contributed by atoms with van der Waals surface area (Å²) < 4.78 is 2.35. The van der Waals surface area contributed by atoms with Gasteiger partial charge in [-0.15, -0.1) is 0 Å². The van der Waals surface area contributed by atoms with Crippen molar-refractivity contribution >= 4 is 5.69 Å². The van der Waals surface area contributed by atoms with Crippen LogP contribution in [0.3, 0.4) is 0 Å². The van der Waals surface area contributed by atoms with Gasteiger partial charge in [0.25, 0.3) is 0 Å². The highest BCUT2D eigenvalue weighted by Crippen LogP contribution is 2.37. The van der Waals surface area contributed by atoms with Crippen LogP contribution in [0.25, 0.3) is 0 Å². The number of rotatable bonds is 2. The molecule has 0 saturated carbocycles. The van der Waals surface area contributed by atoms with E-state index in [-0.39, 0.29) is 0 Å². The number of hydrogen-bond acceptors (Lipinski definition) is 3. The minimum absolute atomic E-state index is 0.360. The summed E-state index contributed by atoms with van der Waals surface area (Å²) >= 11 is 0. The van der Waals surface area contributed by atoms with Crippen LogP contribution in [-0.4, -0.2) is 16.1 Å². The van der Waals surface area contributed by atoms with Crippen molar-refractivity contribution in [1.82, 2.24) is 9.55 Å². The lowest BCUT2D eigenvalue weighted by Gasteiger charge is -2.26. The number of imidazole rings is 1. The Morgan fingerprint density at radius 3 is 2.65 bits per heavy atom. The fourth-order valence-corrected chi connectivity index (χ4v) is 4.08. The van der Waals surface area contributed by atoms with Crippen molar-refractivity contribution in [2.45, 2.75) is 44.6 Å². The predicted octanol–water partition coefficient (Wildman–Crippen LogP) is 3.51. The molecule has 2 heterocycles. The molecule has 1 aromatic heterocycles. The van der Waals surface area contributed by atoms with Crippen LogP contribution in [-0.2, 0) is 19.9 Å². The highest BCUT2D eigenvalue weighted by Gasteiger charge is 2.31. The van der Waals surface area contributed by atoms with E-state index in [1.165, 1.54) is 48.6 Å². The van der Waals surface area contributed by atoms with Gasteiger partial charge in [0.1, 0.15) is 5.82 Å². The molecule has 118 valence electrons. The molecule has 0 amide bonds. The Labute approximate surface area is 137 Å². The van der Waals surface area contributed by atoms with E-state index in [1.807, 2.05) is 12.1 Å². The largest absolute Gasteiger partial charge is 0.361 e. The molecule has 1 saturated heterocycles. The number of aromatic nitrogens is 2. The summed E-state index contributed by atoms with van der Waals surface area (Å²) in [4.78, 5) is 7.46. The van der Waals surface area contributed by atoms with Crippen LogP contribution in [0.15, 0.2) is 24.3 Å². The second kappa shape index (κ2) is 5.73. The molecule has 2 aliphatic rings. The van der Waals surface area contributed by atoms with E-state index in [9.17, 15) is 0 Å². The smallest absolute Gasteiger partial charge is 0.131 e.